The van der Waals surface area contributed by atoms with Crippen LogP contribution in [0.4, 0.5) is 4.39 Å². The second-order valence-electron chi connectivity index (χ2n) is 5.79. The lowest BCUT2D eigenvalue weighted by Gasteiger charge is -2.17. The second-order valence-corrected chi connectivity index (χ2v) is 5.79. The van der Waals surface area contributed by atoms with Gasteiger partial charge in [0.1, 0.15) is 5.82 Å². The van der Waals surface area contributed by atoms with Gasteiger partial charge in [0.2, 0.25) is 5.43 Å². The molecule has 0 aliphatic rings. The average molecular weight is 355 g/mol. The van der Waals surface area contributed by atoms with Gasteiger partial charge in [-0.1, -0.05) is 6.07 Å². The summed E-state index contributed by atoms with van der Waals surface area (Å²) in [6, 6.07) is 7.00. The molecule has 3 rings (SSSR count). The predicted octanol–water partition coefficient (Wildman–Crippen LogP) is 1.86. The highest BCUT2D eigenvalue weighted by Gasteiger charge is 2.19. The van der Waals surface area contributed by atoms with E-state index in [0.29, 0.717) is 12.2 Å². The summed E-state index contributed by atoms with van der Waals surface area (Å²) in [4.78, 5) is 30.3. The number of rotatable bonds is 5. The number of carbonyl (C=O) groups excluding carboxylic acids is 1. The van der Waals surface area contributed by atoms with Gasteiger partial charge in [0.05, 0.1) is 24.3 Å². The standard InChI is InChI=1S/C18H18FN5O2/c1-3-23-12-20-10-15(23)11-22(2)18(26)17-16(25)7-8-24(21-17)14-6-4-5-13(19)9-14/h4-10,12H,3,11H2,1-2H3. The van der Waals surface area contributed by atoms with E-state index in [1.54, 1.807) is 25.6 Å². The first kappa shape index (κ1) is 17.5. The van der Waals surface area contributed by atoms with Crippen LogP contribution in [0.1, 0.15) is 23.1 Å². The summed E-state index contributed by atoms with van der Waals surface area (Å²) in [5, 5.41) is 4.10. The molecule has 1 aromatic carbocycles. The Bertz CT molecular complexity index is 995. The van der Waals surface area contributed by atoms with E-state index in [0.717, 1.165) is 12.2 Å². The molecule has 0 N–H and O–H groups in total. The minimum atomic E-state index is -0.510. The average Bonchev–Trinajstić information content (AvgIpc) is 3.08. The number of halogens is 1. The Morgan fingerprint density at radius 2 is 2.12 bits per heavy atom. The van der Waals surface area contributed by atoms with Gasteiger partial charge in [-0.15, -0.1) is 0 Å². The minimum Gasteiger partial charge on any atom is -0.334 e. The van der Waals surface area contributed by atoms with Crippen molar-refractivity contribution in [2.75, 3.05) is 7.05 Å². The molecule has 3 aromatic rings. The van der Waals surface area contributed by atoms with E-state index < -0.39 is 17.2 Å². The van der Waals surface area contributed by atoms with Crippen LogP contribution in [0.15, 0.2) is 53.8 Å². The van der Waals surface area contributed by atoms with Gasteiger partial charge in [-0.3, -0.25) is 9.59 Å². The van der Waals surface area contributed by atoms with Crippen molar-refractivity contribution >= 4 is 5.91 Å². The molecule has 0 spiro atoms. The second kappa shape index (κ2) is 7.30. The minimum absolute atomic E-state index is 0.221. The Morgan fingerprint density at radius 3 is 2.85 bits per heavy atom. The predicted molar refractivity (Wildman–Crippen MR) is 93.5 cm³/mol. The summed E-state index contributed by atoms with van der Waals surface area (Å²) >= 11 is 0. The van der Waals surface area contributed by atoms with Crippen molar-refractivity contribution in [2.24, 2.45) is 0 Å². The molecule has 0 saturated heterocycles. The fourth-order valence-electron chi connectivity index (χ4n) is 2.58. The molecule has 0 saturated carbocycles. The summed E-state index contributed by atoms with van der Waals surface area (Å²) in [5.74, 6) is -0.939. The van der Waals surface area contributed by atoms with Gasteiger partial charge in [-0.2, -0.15) is 5.10 Å². The number of benzene rings is 1. The third-order valence-corrected chi connectivity index (χ3v) is 3.97. The number of hydrogen-bond donors (Lipinski definition) is 0. The van der Waals surface area contributed by atoms with Gasteiger partial charge in [-0.25, -0.2) is 14.1 Å². The highest BCUT2D eigenvalue weighted by Crippen LogP contribution is 2.09. The Labute approximate surface area is 149 Å². The van der Waals surface area contributed by atoms with Crippen LogP contribution < -0.4 is 5.43 Å². The first-order valence-electron chi connectivity index (χ1n) is 8.10. The Kier molecular flexibility index (Phi) is 4.92. The number of nitrogens with zero attached hydrogens (tertiary/aromatic N) is 5. The molecule has 0 bridgehead atoms. The van der Waals surface area contributed by atoms with Crippen molar-refractivity contribution in [3.63, 3.8) is 0 Å². The van der Waals surface area contributed by atoms with E-state index in [1.807, 2.05) is 11.5 Å². The number of hydrogen-bond acceptors (Lipinski definition) is 4. The van der Waals surface area contributed by atoms with Crippen molar-refractivity contribution in [1.29, 1.82) is 0 Å². The largest absolute Gasteiger partial charge is 0.334 e. The molecule has 0 radical (unpaired) electrons. The van der Waals surface area contributed by atoms with Crippen molar-refractivity contribution in [2.45, 2.75) is 20.0 Å². The zero-order valence-electron chi connectivity index (χ0n) is 14.5. The Balaban J connectivity index is 1.89. The number of aromatic nitrogens is 4. The van der Waals surface area contributed by atoms with Crippen LogP contribution in [0, 0.1) is 5.82 Å². The third kappa shape index (κ3) is 3.53. The number of imidazole rings is 1. The zero-order valence-corrected chi connectivity index (χ0v) is 14.5. The summed E-state index contributed by atoms with van der Waals surface area (Å²) in [7, 11) is 1.59. The molecular formula is C18H18FN5O2. The summed E-state index contributed by atoms with van der Waals surface area (Å²) in [6.07, 6.45) is 4.77. The van der Waals surface area contributed by atoms with Crippen LogP contribution in [-0.4, -0.2) is 37.2 Å². The van der Waals surface area contributed by atoms with Crippen LogP contribution in [0.3, 0.4) is 0 Å². The molecule has 26 heavy (non-hydrogen) atoms. The molecule has 7 nitrogen and oxygen atoms in total. The fourth-order valence-corrected chi connectivity index (χ4v) is 2.58. The zero-order chi connectivity index (χ0) is 18.7. The summed E-state index contributed by atoms with van der Waals surface area (Å²) in [5.41, 5.74) is 0.566. The van der Waals surface area contributed by atoms with Crippen LogP contribution in [0.25, 0.3) is 5.69 Å². The SMILES string of the molecule is CCn1cncc1CN(C)C(=O)c1nn(-c2cccc(F)c2)ccc1=O. The van der Waals surface area contributed by atoms with Gasteiger partial charge in [-0.05, 0) is 25.1 Å². The lowest BCUT2D eigenvalue weighted by Crippen LogP contribution is -2.33. The molecule has 1 amide bonds. The van der Waals surface area contributed by atoms with Gasteiger partial charge in [0.25, 0.3) is 5.91 Å². The van der Waals surface area contributed by atoms with Gasteiger partial charge in [0, 0.05) is 32.1 Å². The maximum atomic E-state index is 13.4. The lowest BCUT2D eigenvalue weighted by atomic mass is 10.3. The smallest absolute Gasteiger partial charge is 0.278 e. The molecular weight excluding hydrogens is 337 g/mol. The Hall–Kier alpha value is -3.29. The molecule has 0 unspecified atom stereocenters. The highest BCUT2D eigenvalue weighted by atomic mass is 19.1. The van der Waals surface area contributed by atoms with Crippen molar-refractivity contribution in [1.82, 2.24) is 24.2 Å². The fraction of sp³-hybridized carbons (Fsp3) is 0.222. The van der Waals surface area contributed by atoms with Crippen LogP contribution in [-0.2, 0) is 13.1 Å². The van der Waals surface area contributed by atoms with E-state index in [2.05, 4.69) is 10.1 Å². The molecule has 8 heteroatoms. The molecule has 0 aliphatic carbocycles. The Morgan fingerprint density at radius 1 is 1.31 bits per heavy atom. The third-order valence-electron chi connectivity index (χ3n) is 3.97. The van der Waals surface area contributed by atoms with Crippen molar-refractivity contribution < 1.29 is 9.18 Å². The number of aryl methyl sites for hydroxylation is 1. The van der Waals surface area contributed by atoms with E-state index in [4.69, 9.17) is 0 Å². The van der Waals surface area contributed by atoms with Gasteiger partial charge in [0.15, 0.2) is 5.69 Å². The summed E-state index contributed by atoms with van der Waals surface area (Å²) in [6.45, 7) is 3.00. The van der Waals surface area contributed by atoms with Gasteiger partial charge >= 0.3 is 0 Å². The molecule has 2 heterocycles. The van der Waals surface area contributed by atoms with Crippen molar-refractivity contribution in [3.05, 3.63) is 76.5 Å². The van der Waals surface area contributed by atoms with E-state index in [1.165, 1.54) is 40.0 Å². The van der Waals surface area contributed by atoms with E-state index in [-0.39, 0.29) is 5.69 Å². The quantitative estimate of drug-likeness (QED) is 0.700. The first-order chi connectivity index (χ1) is 12.5. The molecule has 0 fully saturated rings. The highest BCUT2D eigenvalue weighted by molar-refractivity contribution is 5.91. The number of amides is 1. The molecule has 0 atom stereocenters. The van der Waals surface area contributed by atoms with Crippen LogP contribution in [0.5, 0.6) is 0 Å². The van der Waals surface area contributed by atoms with Crippen LogP contribution in [0.2, 0.25) is 0 Å². The first-order valence-corrected chi connectivity index (χ1v) is 8.10. The van der Waals surface area contributed by atoms with Crippen LogP contribution >= 0.6 is 0 Å². The van der Waals surface area contributed by atoms with E-state index in [9.17, 15) is 14.0 Å². The van der Waals surface area contributed by atoms with Gasteiger partial charge < -0.3 is 9.47 Å². The maximum Gasteiger partial charge on any atom is 0.278 e. The monoisotopic (exact) mass is 355 g/mol. The van der Waals surface area contributed by atoms with E-state index >= 15 is 0 Å². The molecule has 134 valence electrons. The molecule has 2 aromatic heterocycles. The normalized spacial score (nSPS) is 10.7. The molecule has 0 aliphatic heterocycles. The van der Waals surface area contributed by atoms with Crippen molar-refractivity contribution in [3.8, 4) is 5.69 Å². The maximum absolute atomic E-state index is 13.4. The lowest BCUT2D eigenvalue weighted by molar-refractivity contribution is 0.0773. The number of carbonyl (C=O) groups is 1. The topological polar surface area (TPSA) is 73.0 Å². The summed E-state index contributed by atoms with van der Waals surface area (Å²) < 4.78 is 16.6.